The fraction of sp³-hybridized carbons (Fsp3) is 0.308. The number of aromatic nitrogens is 2. The lowest BCUT2D eigenvalue weighted by molar-refractivity contribution is -0.384. The maximum atomic E-state index is 12.0. The van der Waals surface area contributed by atoms with Crippen molar-refractivity contribution in [3.63, 3.8) is 0 Å². The van der Waals surface area contributed by atoms with Crippen molar-refractivity contribution in [3.8, 4) is 0 Å². The van der Waals surface area contributed by atoms with Crippen LogP contribution in [0.25, 0.3) is 0 Å². The first-order valence-corrected chi connectivity index (χ1v) is 8.16. The quantitative estimate of drug-likeness (QED) is 0.511. The third-order valence-electron chi connectivity index (χ3n) is 3.01. The van der Waals surface area contributed by atoms with Gasteiger partial charge in [0.25, 0.3) is 5.69 Å². The molecule has 22 heavy (non-hydrogen) atoms. The van der Waals surface area contributed by atoms with Gasteiger partial charge in [-0.05, 0) is 31.9 Å². The van der Waals surface area contributed by atoms with Crippen LogP contribution in [-0.2, 0) is 4.79 Å². The van der Waals surface area contributed by atoms with E-state index in [1.807, 2.05) is 13.8 Å². The van der Waals surface area contributed by atoms with Gasteiger partial charge in [-0.25, -0.2) is 0 Å². The largest absolute Gasteiger partial charge is 0.319 e. The van der Waals surface area contributed by atoms with E-state index in [1.165, 1.54) is 29.2 Å². The van der Waals surface area contributed by atoms with Crippen molar-refractivity contribution in [1.82, 2.24) is 10.2 Å². The molecule has 1 N–H and O–H groups in total. The van der Waals surface area contributed by atoms with E-state index in [2.05, 4.69) is 15.5 Å². The molecule has 0 aliphatic rings. The van der Waals surface area contributed by atoms with Gasteiger partial charge in [-0.3, -0.25) is 14.9 Å². The maximum Gasteiger partial charge on any atom is 0.293 e. The predicted octanol–water partition coefficient (Wildman–Crippen LogP) is 3.10. The van der Waals surface area contributed by atoms with Crippen LogP contribution in [0, 0.1) is 30.9 Å². The lowest BCUT2D eigenvalue weighted by atomic mass is 10.1. The van der Waals surface area contributed by atoms with Gasteiger partial charge in [-0.15, -0.1) is 10.2 Å². The van der Waals surface area contributed by atoms with Crippen molar-refractivity contribution in [2.75, 3.05) is 11.1 Å². The molecule has 0 atom stereocenters. The number of amides is 1. The van der Waals surface area contributed by atoms with E-state index in [0.717, 1.165) is 10.6 Å². The Kier molecular flexibility index (Phi) is 5.09. The van der Waals surface area contributed by atoms with Gasteiger partial charge in [0.15, 0.2) is 4.34 Å². The molecule has 0 saturated carbocycles. The zero-order valence-electron chi connectivity index (χ0n) is 12.2. The maximum absolute atomic E-state index is 12.0. The molecule has 1 heterocycles. The first kappa shape index (κ1) is 16.4. The van der Waals surface area contributed by atoms with Crippen LogP contribution in [0.1, 0.15) is 16.1 Å². The van der Waals surface area contributed by atoms with Crippen molar-refractivity contribution in [2.45, 2.75) is 25.1 Å². The molecule has 0 radical (unpaired) electrons. The molecule has 0 bridgehead atoms. The molecule has 1 aromatic carbocycles. The average Bonchev–Trinajstić information content (AvgIpc) is 2.87. The van der Waals surface area contributed by atoms with Crippen LogP contribution in [0.2, 0.25) is 0 Å². The normalized spacial score (nSPS) is 10.5. The fourth-order valence-electron chi connectivity index (χ4n) is 1.75. The minimum absolute atomic E-state index is 0.104. The second-order valence-corrected chi connectivity index (χ2v) is 6.99. The molecule has 2 aromatic rings. The Balaban J connectivity index is 2.11. The second-order valence-electron chi connectivity index (χ2n) is 4.58. The van der Waals surface area contributed by atoms with E-state index < -0.39 is 4.92 Å². The number of thioether (sulfide) groups is 1. The molecule has 7 nitrogen and oxygen atoms in total. The molecule has 0 aliphatic heterocycles. The van der Waals surface area contributed by atoms with Crippen molar-refractivity contribution in [1.29, 1.82) is 0 Å². The SMILES string of the molecule is Cc1nnc(SCC(=O)Nc2c([N+](=O)[O-])ccc(C)c2C)s1. The Morgan fingerprint density at radius 3 is 2.68 bits per heavy atom. The summed E-state index contributed by atoms with van der Waals surface area (Å²) in [5.74, 6) is -0.186. The Labute approximate surface area is 135 Å². The van der Waals surface area contributed by atoms with Gasteiger partial charge in [0.1, 0.15) is 10.7 Å². The van der Waals surface area contributed by atoms with Gasteiger partial charge in [0.2, 0.25) is 5.91 Å². The zero-order valence-corrected chi connectivity index (χ0v) is 13.9. The smallest absolute Gasteiger partial charge is 0.293 e. The Hall–Kier alpha value is -2.00. The lowest BCUT2D eigenvalue weighted by Crippen LogP contribution is -2.16. The van der Waals surface area contributed by atoms with Gasteiger partial charge in [0.05, 0.1) is 10.7 Å². The van der Waals surface area contributed by atoms with E-state index in [0.29, 0.717) is 9.90 Å². The Morgan fingerprint density at radius 2 is 2.09 bits per heavy atom. The number of nitrogens with zero attached hydrogens (tertiary/aromatic N) is 3. The van der Waals surface area contributed by atoms with E-state index in [4.69, 9.17) is 0 Å². The molecule has 116 valence electrons. The van der Waals surface area contributed by atoms with E-state index in [-0.39, 0.29) is 23.0 Å². The summed E-state index contributed by atoms with van der Waals surface area (Å²) in [5, 5.41) is 22.3. The highest BCUT2D eigenvalue weighted by Crippen LogP contribution is 2.30. The lowest BCUT2D eigenvalue weighted by Gasteiger charge is -2.10. The second kappa shape index (κ2) is 6.84. The number of carbonyl (C=O) groups excluding carboxylic acids is 1. The standard InChI is InChI=1S/C13H14N4O3S2/c1-7-4-5-10(17(19)20)12(8(7)2)14-11(18)6-21-13-16-15-9(3)22-13/h4-5H,6H2,1-3H3,(H,14,18). The van der Waals surface area contributed by atoms with Crippen molar-refractivity contribution < 1.29 is 9.72 Å². The zero-order chi connectivity index (χ0) is 16.3. The third kappa shape index (κ3) is 3.80. The topological polar surface area (TPSA) is 98.0 Å². The Bertz CT molecular complexity index is 730. The van der Waals surface area contributed by atoms with Crippen LogP contribution in [0.15, 0.2) is 16.5 Å². The van der Waals surface area contributed by atoms with Crippen LogP contribution in [0.5, 0.6) is 0 Å². The molecule has 0 spiro atoms. The van der Waals surface area contributed by atoms with Crippen LogP contribution in [0.3, 0.4) is 0 Å². The monoisotopic (exact) mass is 338 g/mol. The van der Waals surface area contributed by atoms with Crippen molar-refractivity contribution >= 4 is 40.4 Å². The number of carbonyl (C=O) groups is 1. The highest BCUT2D eigenvalue weighted by Gasteiger charge is 2.19. The molecule has 1 aromatic heterocycles. The van der Waals surface area contributed by atoms with Gasteiger partial charge in [-0.1, -0.05) is 29.2 Å². The minimum Gasteiger partial charge on any atom is -0.319 e. The van der Waals surface area contributed by atoms with Gasteiger partial charge < -0.3 is 5.32 Å². The molecule has 0 saturated heterocycles. The van der Waals surface area contributed by atoms with E-state index in [1.54, 1.807) is 13.0 Å². The summed E-state index contributed by atoms with van der Waals surface area (Å²) in [6.45, 7) is 5.42. The van der Waals surface area contributed by atoms with Crippen LogP contribution < -0.4 is 5.32 Å². The summed E-state index contributed by atoms with van der Waals surface area (Å²) >= 11 is 2.66. The highest BCUT2D eigenvalue weighted by atomic mass is 32.2. The summed E-state index contributed by atoms with van der Waals surface area (Å²) in [4.78, 5) is 22.6. The van der Waals surface area contributed by atoms with Gasteiger partial charge in [-0.2, -0.15) is 0 Å². The van der Waals surface area contributed by atoms with Crippen LogP contribution in [0.4, 0.5) is 11.4 Å². The van der Waals surface area contributed by atoms with Crippen molar-refractivity contribution in [3.05, 3.63) is 38.4 Å². The van der Waals surface area contributed by atoms with Crippen LogP contribution >= 0.6 is 23.1 Å². The minimum atomic E-state index is -0.497. The fourth-order valence-corrected chi connectivity index (χ4v) is 3.37. The van der Waals surface area contributed by atoms with Gasteiger partial charge in [0, 0.05) is 6.07 Å². The molecular formula is C13H14N4O3S2. The number of hydrogen-bond acceptors (Lipinski definition) is 7. The number of anilines is 1. The number of rotatable bonds is 5. The highest BCUT2D eigenvalue weighted by molar-refractivity contribution is 8.01. The molecule has 2 rings (SSSR count). The van der Waals surface area contributed by atoms with E-state index >= 15 is 0 Å². The summed E-state index contributed by atoms with van der Waals surface area (Å²) < 4.78 is 0.697. The molecule has 0 unspecified atom stereocenters. The predicted molar refractivity (Wildman–Crippen MR) is 86.6 cm³/mol. The number of aryl methyl sites for hydroxylation is 2. The van der Waals surface area contributed by atoms with Crippen LogP contribution in [-0.4, -0.2) is 26.8 Å². The third-order valence-corrected chi connectivity index (χ3v) is 4.98. The summed E-state index contributed by atoms with van der Waals surface area (Å²) in [7, 11) is 0. The van der Waals surface area contributed by atoms with Crippen molar-refractivity contribution in [2.24, 2.45) is 0 Å². The summed E-state index contributed by atoms with van der Waals surface area (Å²) in [6.07, 6.45) is 0. The number of nitrogens with one attached hydrogen (secondary N) is 1. The molecule has 9 heteroatoms. The number of benzene rings is 1. The summed E-state index contributed by atoms with van der Waals surface area (Å²) in [5.41, 5.74) is 1.73. The molecule has 0 aliphatic carbocycles. The number of nitro benzene ring substituents is 1. The molecule has 0 fully saturated rings. The first-order valence-electron chi connectivity index (χ1n) is 6.36. The average molecular weight is 338 g/mol. The molecular weight excluding hydrogens is 324 g/mol. The van der Waals surface area contributed by atoms with E-state index in [9.17, 15) is 14.9 Å². The molecule has 1 amide bonds. The summed E-state index contributed by atoms with van der Waals surface area (Å²) in [6, 6.07) is 3.07. The Morgan fingerprint density at radius 1 is 1.36 bits per heavy atom. The number of nitro groups is 1. The van der Waals surface area contributed by atoms with Gasteiger partial charge >= 0.3 is 0 Å². The number of hydrogen-bond donors (Lipinski definition) is 1. The first-order chi connectivity index (χ1) is 10.4.